The average Bonchev–Trinajstić information content (AvgIpc) is 2.39. The largest absolute Gasteiger partial charge is 0.388 e. The van der Waals surface area contributed by atoms with Crippen molar-refractivity contribution >= 4 is 0 Å². The van der Waals surface area contributed by atoms with Gasteiger partial charge in [0.1, 0.15) is 0 Å². The SMILES string of the molecule is CCOCCN(C)CC(C)C(O)c1ccccc1. The number of rotatable bonds is 8. The van der Waals surface area contributed by atoms with E-state index >= 15 is 0 Å². The Morgan fingerprint density at radius 3 is 2.56 bits per heavy atom. The van der Waals surface area contributed by atoms with Gasteiger partial charge in [-0.2, -0.15) is 0 Å². The van der Waals surface area contributed by atoms with E-state index in [2.05, 4.69) is 18.9 Å². The van der Waals surface area contributed by atoms with Crippen molar-refractivity contribution in [1.82, 2.24) is 4.90 Å². The molecule has 3 nitrogen and oxygen atoms in total. The van der Waals surface area contributed by atoms with Gasteiger partial charge in [0, 0.05) is 19.7 Å². The van der Waals surface area contributed by atoms with Crippen LogP contribution in [0.15, 0.2) is 30.3 Å². The number of benzene rings is 1. The Morgan fingerprint density at radius 2 is 1.94 bits per heavy atom. The molecule has 1 aromatic carbocycles. The summed E-state index contributed by atoms with van der Waals surface area (Å²) in [5.41, 5.74) is 0.989. The molecule has 0 heterocycles. The molecule has 0 spiro atoms. The number of ether oxygens (including phenoxy) is 1. The van der Waals surface area contributed by atoms with Crippen LogP contribution in [-0.4, -0.2) is 43.4 Å². The minimum absolute atomic E-state index is 0.207. The fourth-order valence-electron chi connectivity index (χ4n) is 2.03. The second-order valence-electron chi connectivity index (χ2n) is 4.79. The van der Waals surface area contributed by atoms with Crippen LogP contribution in [0.2, 0.25) is 0 Å². The predicted octanol–water partition coefficient (Wildman–Crippen LogP) is 2.32. The molecule has 102 valence electrons. The highest BCUT2D eigenvalue weighted by Gasteiger charge is 2.17. The van der Waals surface area contributed by atoms with Crippen LogP contribution in [0.3, 0.4) is 0 Å². The summed E-state index contributed by atoms with van der Waals surface area (Å²) in [5.74, 6) is 0.207. The Kier molecular flexibility index (Phi) is 6.94. The van der Waals surface area contributed by atoms with E-state index in [9.17, 15) is 5.11 Å². The van der Waals surface area contributed by atoms with E-state index in [0.29, 0.717) is 0 Å². The van der Waals surface area contributed by atoms with Crippen molar-refractivity contribution in [1.29, 1.82) is 0 Å². The van der Waals surface area contributed by atoms with Crippen molar-refractivity contribution in [3.8, 4) is 0 Å². The molecule has 1 aromatic rings. The first-order valence-electron chi connectivity index (χ1n) is 6.64. The summed E-state index contributed by atoms with van der Waals surface area (Å²) in [6.45, 7) is 7.36. The molecule has 18 heavy (non-hydrogen) atoms. The lowest BCUT2D eigenvalue weighted by Gasteiger charge is -2.25. The first kappa shape index (κ1) is 15.2. The van der Waals surface area contributed by atoms with E-state index < -0.39 is 6.10 Å². The molecular formula is C15H25NO2. The van der Waals surface area contributed by atoms with Gasteiger partial charge in [0.25, 0.3) is 0 Å². The van der Waals surface area contributed by atoms with Crippen molar-refractivity contribution in [2.24, 2.45) is 5.92 Å². The molecule has 0 amide bonds. The van der Waals surface area contributed by atoms with Crippen LogP contribution in [0, 0.1) is 5.92 Å². The van der Waals surface area contributed by atoms with E-state index in [-0.39, 0.29) is 5.92 Å². The summed E-state index contributed by atoms with van der Waals surface area (Å²) >= 11 is 0. The molecule has 0 aliphatic carbocycles. The van der Waals surface area contributed by atoms with E-state index in [4.69, 9.17) is 4.74 Å². The zero-order valence-electron chi connectivity index (χ0n) is 11.7. The molecule has 1 rings (SSSR count). The Bertz CT molecular complexity index is 316. The fourth-order valence-corrected chi connectivity index (χ4v) is 2.03. The Labute approximate surface area is 110 Å². The number of likely N-dealkylation sites (N-methyl/N-ethyl adjacent to an activating group) is 1. The van der Waals surface area contributed by atoms with Gasteiger partial charge in [-0.3, -0.25) is 0 Å². The first-order valence-corrected chi connectivity index (χ1v) is 6.64. The second kappa shape index (κ2) is 8.25. The van der Waals surface area contributed by atoms with Crippen molar-refractivity contribution in [3.05, 3.63) is 35.9 Å². The number of aliphatic hydroxyl groups is 1. The van der Waals surface area contributed by atoms with Crippen molar-refractivity contribution in [2.45, 2.75) is 20.0 Å². The van der Waals surface area contributed by atoms with Crippen LogP contribution in [-0.2, 0) is 4.74 Å². The molecule has 0 aliphatic heterocycles. The van der Waals surface area contributed by atoms with Crippen LogP contribution < -0.4 is 0 Å². The topological polar surface area (TPSA) is 32.7 Å². The maximum Gasteiger partial charge on any atom is 0.0827 e. The van der Waals surface area contributed by atoms with Crippen molar-refractivity contribution < 1.29 is 9.84 Å². The van der Waals surface area contributed by atoms with Gasteiger partial charge in [-0.05, 0) is 25.5 Å². The van der Waals surface area contributed by atoms with E-state index in [1.165, 1.54) is 0 Å². The zero-order chi connectivity index (χ0) is 13.4. The molecule has 0 fully saturated rings. The average molecular weight is 251 g/mol. The van der Waals surface area contributed by atoms with Crippen molar-refractivity contribution in [2.75, 3.05) is 33.4 Å². The summed E-state index contributed by atoms with van der Waals surface area (Å²) in [6.07, 6.45) is -0.402. The molecular weight excluding hydrogens is 226 g/mol. The molecule has 1 N–H and O–H groups in total. The van der Waals surface area contributed by atoms with Gasteiger partial charge < -0.3 is 14.7 Å². The minimum Gasteiger partial charge on any atom is -0.388 e. The van der Waals surface area contributed by atoms with Crippen LogP contribution >= 0.6 is 0 Å². The fraction of sp³-hybridized carbons (Fsp3) is 0.600. The molecule has 2 unspecified atom stereocenters. The van der Waals surface area contributed by atoms with E-state index in [1.54, 1.807) is 0 Å². The lowest BCUT2D eigenvalue weighted by atomic mass is 9.97. The first-order chi connectivity index (χ1) is 8.65. The van der Waals surface area contributed by atoms with Crippen LogP contribution in [0.25, 0.3) is 0 Å². The molecule has 0 saturated carbocycles. The lowest BCUT2D eigenvalue weighted by molar-refractivity contribution is 0.0779. The van der Waals surface area contributed by atoms with Crippen molar-refractivity contribution in [3.63, 3.8) is 0 Å². The Morgan fingerprint density at radius 1 is 1.28 bits per heavy atom. The zero-order valence-corrected chi connectivity index (χ0v) is 11.7. The molecule has 2 atom stereocenters. The minimum atomic E-state index is -0.402. The second-order valence-corrected chi connectivity index (χ2v) is 4.79. The normalized spacial score (nSPS) is 14.7. The number of hydrogen-bond donors (Lipinski definition) is 1. The highest BCUT2D eigenvalue weighted by molar-refractivity contribution is 5.17. The lowest BCUT2D eigenvalue weighted by Crippen LogP contribution is -2.30. The molecule has 0 aliphatic rings. The van der Waals surface area contributed by atoms with Crippen LogP contribution in [0.1, 0.15) is 25.5 Å². The number of hydrogen-bond acceptors (Lipinski definition) is 3. The standard InChI is InChI=1S/C15H25NO2/c1-4-18-11-10-16(3)12-13(2)15(17)14-8-6-5-7-9-14/h5-9,13,15,17H,4,10-12H2,1-3H3. The van der Waals surface area contributed by atoms with Gasteiger partial charge in [0.05, 0.1) is 12.7 Å². The third-order valence-corrected chi connectivity index (χ3v) is 3.10. The molecule has 0 radical (unpaired) electrons. The third-order valence-electron chi connectivity index (χ3n) is 3.10. The molecule has 0 bridgehead atoms. The van der Waals surface area contributed by atoms with Gasteiger partial charge in [-0.15, -0.1) is 0 Å². The highest BCUT2D eigenvalue weighted by Crippen LogP contribution is 2.21. The van der Waals surface area contributed by atoms with Crippen LogP contribution in [0.4, 0.5) is 0 Å². The van der Waals surface area contributed by atoms with Gasteiger partial charge >= 0.3 is 0 Å². The van der Waals surface area contributed by atoms with Gasteiger partial charge in [0.2, 0.25) is 0 Å². The molecule has 0 aromatic heterocycles. The summed E-state index contributed by atoms with van der Waals surface area (Å²) in [6, 6.07) is 9.84. The van der Waals surface area contributed by atoms with Gasteiger partial charge in [-0.1, -0.05) is 37.3 Å². The highest BCUT2D eigenvalue weighted by atomic mass is 16.5. The summed E-state index contributed by atoms with van der Waals surface area (Å²) in [4.78, 5) is 2.20. The maximum atomic E-state index is 10.3. The molecule has 0 saturated heterocycles. The summed E-state index contributed by atoms with van der Waals surface area (Å²) in [5, 5.41) is 10.3. The summed E-state index contributed by atoms with van der Waals surface area (Å²) < 4.78 is 5.33. The quantitative estimate of drug-likeness (QED) is 0.720. The monoisotopic (exact) mass is 251 g/mol. The smallest absolute Gasteiger partial charge is 0.0827 e. The number of aliphatic hydroxyl groups excluding tert-OH is 1. The van der Waals surface area contributed by atoms with Gasteiger partial charge in [-0.25, -0.2) is 0 Å². The Balaban J connectivity index is 2.37. The third kappa shape index (κ3) is 5.17. The van der Waals surface area contributed by atoms with E-state index in [0.717, 1.165) is 31.9 Å². The van der Waals surface area contributed by atoms with E-state index in [1.807, 2.05) is 37.3 Å². The predicted molar refractivity (Wildman–Crippen MR) is 74.6 cm³/mol. The number of nitrogens with zero attached hydrogens (tertiary/aromatic N) is 1. The Hall–Kier alpha value is -0.900. The molecule has 3 heteroatoms. The van der Waals surface area contributed by atoms with Gasteiger partial charge in [0.15, 0.2) is 0 Å². The maximum absolute atomic E-state index is 10.3. The summed E-state index contributed by atoms with van der Waals surface area (Å²) in [7, 11) is 2.06. The van der Waals surface area contributed by atoms with Crippen LogP contribution in [0.5, 0.6) is 0 Å².